The first-order valence-electron chi connectivity index (χ1n) is 5.81. The summed E-state index contributed by atoms with van der Waals surface area (Å²) in [5.74, 6) is -0.528. The van der Waals surface area contributed by atoms with Gasteiger partial charge in [0.25, 0.3) is 0 Å². The lowest BCUT2D eigenvalue weighted by molar-refractivity contribution is -0.137. The molecule has 0 spiro atoms. The van der Waals surface area contributed by atoms with E-state index in [4.69, 9.17) is 21.4 Å². The van der Waals surface area contributed by atoms with Gasteiger partial charge in [0.05, 0.1) is 18.6 Å². The minimum Gasteiger partial charge on any atom is -0.504 e. The van der Waals surface area contributed by atoms with Crippen LogP contribution >= 0.6 is 11.6 Å². The van der Waals surface area contributed by atoms with E-state index in [1.807, 2.05) is 0 Å². The van der Waals surface area contributed by atoms with Crippen molar-refractivity contribution < 1.29 is 19.7 Å². The Labute approximate surface area is 110 Å². The zero-order chi connectivity index (χ0) is 13.3. The number of carboxylic acids is 1. The number of carboxylic acid groups (broad SMARTS) is 1. The van der Waals surface area contributed by atoms with Gasteiger partial charge >= 0.3 is 5.97 Å². The Hall–Kier alpha value is -1.42. The topological polar surface area (TPSA) is 66.8 Å². The van der Waals surface area contributed by atoms with E-state index in [1.54, 1.807) is 12.1 Å². The quantitative estimate of drug-likeness (QED) is 0.863. The lowest BCUT2D eigenvalue weighted by Gasteiger charge is -2.18. The summed E-state index contributed by atoms with van der Waals surface area (Å²) in [5.41, 5.74) is 0.612. The van der Waals surface area contributed by atoms with Gasteiger partial charge in [-0.05, 0) is 24.8 Å². The standard InChI is InChI=1S/C13H15ClO4/c1-18-13-10(14)5-4-8(12(13)17)9(6-11(15)16)7-2-3-7/h4-5,7,9,17H,2-3,6H2,1H3,(H,15,16). The molecule has 98 valence electrons. The average molecular weight is 271 g/mol. The van der Waals surface area contributed by atoms with Gasteiger partial charge < -0.3 is 14.9 Å². The van der Waals surface area contributed by atoms with Crippen LogP contribution in [0.25, 0.3) is 0 Å². The molecule has 1 aromatic rings. The summed E-state index contributed by atoms with van der Waals surface area (Å²) >= 11 is 5.91. The smallest absolute Gasteiger partial charge is 0.303 e. The Morgan fingerprint density at radius 3 is 2.72 bits per heavy atom. The molecule has 1 saturated carbocycles. The van der Waals surface area contributed by atoms with Crippen molar-refractivity contribution in [2.75, 3.05) is 7.11 Å². The van der Waals surface area contributed by atoms with Crippen LogP contribution in [0, 0.1) is 5.92 Å². The number of benzene rings is 1. The van der Waals surface area contributed by atoms with E-state index in [-0.39, 0.29) is 23.8 Å². The number of halogens is 1. The number of ether oxygens (including phenoxy) is 1. The van der Waals surface area contributed by atoms with Crippen LogP contribution in [0.15, 0.2) is 12.1 Å². The molecule has 1 fully saturated rings. The largest absolute Gasteiger partial charge is 0.504 e. The minimum atomic E-state index is -0.861. The summed E-state index contributed by atoms with van der Waals surface area (Å²) in [6, 6.07) is 3.32. The lowest BCUT2D eigenvalue weighted by atomic mass is 9.90. The number of aliphatic carboxylic acids is 1. The number of phenolic OH excluding ortho intramolecular Hbond substituents is 1. The van der Waals surface area contributed by atoms with Gasteiger partial charge in [0.2, 0.25) is 0 Å². The van der Waals surface area contributed by atoms with Crippen LogP contribution in [0.1, 0.15) is 30.7 Å². The van der Waals surface area contributed by atoms with Crippen molar-refractivity contribution in [2.24, 2.45) is 5.92 Å². The van der Waals surface area contributed by atoms with Crippen molar-refractivity contribution >= 4 is 17.6 Å². The van der Waals surface area contributed by atoms with Gasteiger partial charge in [0.1, 0.15) is 0 Å². The van der Waals surface area contributed by atoms with E-state index in [9.17, 15) is 9.90 Å². The first-order valence-corrected chi connectivity index (χ1v) is 6.19. The number of carbonyl (C=O) groups is 1. The fourth-order valence-corrected chi connectivity index (χ4v) is 2.50. The number of rotatable bonds is 5. The van der Waals surface area contributed by atoms with Crippen LogP contribution < -0.4 is 4.74 Å². The fraction of sp³-hybridized carbons (Fsp3) is 0.462. The van der Waals surface area contributed by atoms with Gasteiger partial charge in [-0.15, -0.1) is 0 Å². The van der Waals surface area contributed by atoms with Crippen LogP contribution in [-0.2, 0) is 4.79 Å². The first kappa shape index (κ1) is 13.0. The molecule has 5 heteroatoms. The van der Waals surface area contributed by atoms with E-state index in [2.05, 4.69) is 0 Å². The highest BCUT2D eigenvalue weighted by Gasteiger charge is 2.36. The normalized spacial score (nSPS) is 16.3. The van der Waals surface area contributed by atoms with Crippen LogP contribution in [0.2, 0.25) is 5.02 Å². The van der Waals surface area contributed by atoms with E-state index in [1.165, 1.54) is 7.11 Å². The Morgan fingerprint density at radius 1 is 1.56 bits per heavy atom. The van der Waals surface area contributed by atoms with Gasteiger partial charge in [-0.2, -0.15) is 0 Å². The van der Waals surface area contributed by atoms with Crippen molar-refractivity contribution in [1.82, 2.24) is 0 Å². The van der Waals surface area contributed by atoms with Gasteiger partial charge in [0.15, 0.2) is 11.5 Å². The highest BCUT2D eigenvalue weighted by atomic mass is 35.5. The molecule has 1 aliphatic rings. The van der Waals surface area contributed by atoms with Gasteiger partial charge in [-0.25, -0.2) is 0 Å². The van der Waals surface area contributed by atoms with E-state index in [0.717, 1.165) is 12.8 Å². The van der Waals surface area contributed by atoms with Crippen LogP contribution in [0.5, 0.6) is 11.5 Å². The van der Waals surface area contributed by atoms with Crippen molar-refractivity contribution in [2.45, 2.75) is 25.2 Å². The number of hydrogen-bond acceptors (Lipinski definition) is 3. The van der Waals surface area contributed by atoms with E-state index in [0.29, 0.717) is 16.5 Å². The van der Waals surface area contributed by atoms with Gasteiger partial charge in [-0.1, -0.05) is 17.7 Å². The fourth-order valence-electron chi connectivity index (χ4n) is 2.27. The third kappa shape index (κ3) is 2.53. The molecule has 2 N–H and O–H groups in total. The maximum absolute atomic E-state index is 10.9. The molecule has 4 nitrogen and oxygen atoms in total. The molecule has 1 aromatic carbocycles. The summed E-state index contributed by atoms with van der Waals surface area (Å²) in [6.45, 7) is 0. The van der Waals surface area contributed by atoms with Crippen molar-refractivity contribution in [1.29, 1.82) is 0 Å². The van der Waals surface area contributed by atoms with E-state index >= 15 is 0 Å². The predicted octanol–water partition coefficient (Wildman–Crippen LogP) is 3.02. The third-order valence-corrected chi connectivity index (χ3v) is 3.60. The maximum atomic E-state index is 10.9. The molecule has 0 heterocycles. The average Bonchev–Trinajstić information content (AvgIpc) is 3.11. The number of phenols is 1. The van der Waals surface area contributed by atoms with E-state index < -0.39 is 5.97 Å². The van der Waals surface area contributed by atoms with Gasteiger partial charge in [-0.3, -0.25) is 4.79 Å². The van der Waals surface area contributed by atoms with Crippen molar-refractivity contribution in [3.05, 3.63) is 22.7 Å². The molecule has 0 aliphatic heterocycles. The first-order chi connectivity index (χ1) is 8.54. The van der Waals surface area contributed by atoms with Crippen LogP contribution in [-0.4, -0.2) is 23.3 Å². The number of methoxy groups -OCH3 is 1. The summed E-state index contributed by atoms with van der Waals surface area (Å²) in [5, 5.41) is 19.4. The molecule has 0 amide bonds. The lowest BCUT2D eigenvalue weighted by Crippen LogP contribution is -2.09. The molecule has 18 heavy (non-hydrogen) atoms. The molecule has 1 aliphatic carbocycles. The summed E-state index contributed by atoms with van der Waals surface area (Å²) in [6.07, 6.45) is 2.02. The Kier molecular flexibility index (Phi) is 3.66. The number of aromatic hydroxyl groups is 1. The summed E-state index contributed by atoms with van der Waals surface area (Å²) in [7, 11) is 1.42. The molecule has 1 unspecified atom stereocenters. The maximum Gasteiger partial charge on any atom is 0.303 e. The molecule has 1 atom stereocenters. The second-order valence-corrected chi connectivity index (χ2v) is 4.97. The SMILES string of the molecule is COc1c(Cl)ccc(C(CC(=O)O)C2CC2)c1O. The molecule has 2 rings (SSSR count). The zero-order valence-electron chi connectivity index (χ0n) is 10.0. The van der Waals surface area contributed by atoms with Crippen LogP contribution in [0.3, 0.4) is 0 Å². The highest BCUT2D eigenvalue weighted by Crippen LogP contribution is 2.49. The summed E-state index contributed by atoms with van der Waals surface area (Å²) < 4.78 is 5.04. The molecular weight excluding hydrogens is 256 g/mol. The number of hydrogen-bond donors (Lipinski definition) is 2. The monoisotopic (exact) mass is 270 g/mol. The minimum absolute atomic E-state index is 0.0169. The molecule has 0 aromatic heterocycles. The molecule has 0 saturated heterocycles. The molecular formula is C13H15ClO4. The van der Waals surface area contributed by atoms with Crippen molar-refractivity contribution in [3.63, 3.8) is 0 Å². The Balaban J connectivity index is 2.38. The second kappa shape index (κ2) is 5.06. The molecule has 0 radical (unpaired) electrons. The predicted molar refractivity (Wildman–Crippen MR) is 67.4 cm³/mol. The molecule has 0 bridgehead atoms. The van der Waals surface area contributed by atoms with Crippen molar-refractivity contribution in [3.8, 4) is 11.5 Å². The second-order valence-electron chi connectivity index (χ2n) is 4.56. The summed E-state index contributed by atoms with van der Waals surface area (Å²) in [4.78, 5) is 10.9. The third-order valence-electron chi connectivity index (χ3n) is 3.30. The Bertz CT molecular complexity index is 468. The zero-order valence-corrected chi connectivity index (χ0v) is 10.8. The highest BCUT2D eigenvalue weighted by molar-refractivity contribution is 6.32. The van der Waals surface area contributed by atoms with Crippen LogP contribution in [0.4, 0.5) is 0 Å². The van der Waals surface area contributed by atoms with Gasteiger partial charge in [0, 0.05) is 11.5 Å². The Morgan fingerprint density at radius 2 is 2.22 bits per heavy atom.